The highest BCUT2D eigenvalue weighted by Gasteiger charge is 2.21. The highest BCUT2D eigenvalue weighted by atomic mass is 16.1. The first-order chi connectivity index (χ1) is 13.5. The maximum absolute atomic E-state index is 12.9. The second kappa shape index (κ2) is 8.44. The van der Waals surface area contributed by atoms with Crippen LogP contribution in [0.3, 0.4) is 0 Å². The van der Waals surface area contributed by atoms with Gasteiger partial charge in [0.25, 0.3) is 5.91 Å². The van der Waals surface area contributed by atoms with Gasteiger partial charge in [-0.05, 0) is 36.6 Å². The fourth-order valence-corrected chi connectivity index (χ4v) is 3.10. The Labute approximate surface area is 164 Å². The van der Waals surface area contributed by atoms with Gasteiger partial charge in [0.1, 0.15) is 18.2 Å². The van der Waals surface area contributed by atoms with Crippen LogP contribution in [-0.4, -0.2) is 25.7 Å². The average molecular weight is 374 g/mol. The molecule has 3 rings (SSSR count). The number of aryl methyl sites for hydroxylation is 1. The SMILES string of the molecule is CC(C)C[C@H](NC(=O)c1cccc(-c2ncccc2C#N)c1)c1ncnn1C. The van der Waals surface area contributed by atoms with Crippen LogP contribution in [0.1, 0.15) is 48.1 Å². The molecule has 7 heteroatoms. The second-order valence-corrected chi connectivity index (χ2v) is 6.99. The maximum Gasteiger partial charge on any atom is 0.251 e. The zero-order valence-electron chi connectivity index (χ0n) is 16.1. The van der Waals surface area contributed by atoms with Crippen LogP contribution in [0.5, 0.6) is 0 Å². The molecule has 28 heavy (non-hydrogen) atoms. The maximum atomic E-state index is 12.9. The van der Waals surface area contributed by atoms with Crippen LogP contribution in [0.4, 0.5) is 0 Å². The Balaban J connectivity index is 1.88. The Morgan fingerprint density at radius 2 is 2.07 bits per heavy atom. The lowest BCUT2D eigenvalue weighted by Crippen LogP contribution is -2.31. The number of nitriles is 1. The largest absolute Gasteiger partial charge is 0.342 e. The molecular weight excluding hydrogens is 352 g/mol. The molecule has 0 aliphatic heterocycles. The minimum Gasteiger partial charge on any atom is -0.342 e. The van der Waals surface area contributed by atoms with Crippen molar-refractivity contribution in [3.05, 3.63) is 65.9 Å². The predicted molar refractivity (Wildman–Crippen MR) is 105 cm³/mol. The molecule has 0 fully saturated rings. The Kier molecular flexibility index (Phi) is 5.80. The molecule has 0 radical (unpaired) electrons. The van der Waals surface area contributed by atoms with Crippen molar-refractivity contribution in [3.63, 3.8) is 0 Å². The molecule has 2 aromatic heterocycles. The van der Waals surface area contributed by atoms with Crippen molar-refractivity contribution in [3.8, 4) is 17.3 Å². The molecule has 0 aliphatic carbocycles. The number of amides is 1. The van der Waals surface area contributed by atoms with Crippen LogP contribution >= 0.6 is 0 Å². The lowest BCUT2D eigenvalue weighted by molar-refractivity contribution is 0.0929. The lowest BCUT2D eigenvalue weighted by atomic mass is 10.0. The van der Waals surface area contributed by atoms with E-state index in [1.807, 2.05) is 13.1 Å². The third kappa shape index (κ3) is 4.23. The summed E-state index contributed by atoms with van der Waals surface area (Å²) in [5, 5.41) is 16.5. The van der Waals surface area contributed by atoms with Crippen LogP contribution in [-0.2, 0) is 7.05 Å². The standard InChI is InChI=1S/C21H22N6O/c1-14(2)10-18(20-24-13-25-27(20)3)26-21(28)16-7-4-6-15(11-16)19-17(12-22)8-5-9-23-19/h4-9,11,13-14,18H,10H2,1-3H3,(H,26,28)/t18-/m0/s1. The summed E-state index contributed by atoms with van der Waals surface area (Å²) < 4.78 is 1.68. The average Bonchev–Trinajstić information content (AvgIpc) is 3.13. The van der Waals surface area contributed by atoms with Crippen LogP contribution in [0.25, 0.3) is 11.3 Å². The van der Waals surface area contributed by atoms with Crippen molar-refractivity contribution in [2.75, 3.05) is 0 Å². The number of nitrogens with one attached hydrogen (secondary N) is 1. The lowest BCUT2D eigenvalue weighted by Gasteiger charge is -2.20. The third-order valence-electron chi connectivity index (χ3n) is 4.40. The Hall–Kier alpha value is -3.53. The second-order valence-electron chi connectivity index (χ2n) is 6.99. The molecule has 1 atom stereocenters. The van der Waals surface area contributed by atoms with E-state index in [-0.39, 0.29) is 11.9 Å². The van der Waals surface area contributed by atoms with E-state index in [2.05, 4.69) is 40.3 Å². The van der Waals surface area contributed by atoms with E-state index in [9.17, 15) is 10.1 Å². The number of hydrogen-bond donors (Lipinski definition) is 1. The smallest absolute Gasteiger partial charge is 0.251 e. The molecule has 0 saturated heterocycles. The Morgan fingerprint density at radius 3 is 2.75 bits per heavy atom. The number of nitrogens with zero attached hydrogens (tertiary/aromatic N) is 5. The van der Waals surface area contributed by atoms with Gasteiger partial charge in [-0.3, -0.25) is 14.5 Å². The molecule has 7 nitrogen and oxygen atoms in total. The summed E-state index contributed by atoms with van der Waals surface area (Å²) in [5.74, 6) is 0.889. The van der Waals surface area contributed by atoms with E-state index in [1.54, 1.807) is 41.2 Å². The van der Waals surface area contributed by atoms with Gasteiger partial charge < -0.3 is 5.32 Å². The quantitative estimate of drug-likeness (QED) is 0.714. The zero-order valence-corrected chi connectivity index (χ0v) is 16.1. The van der Waals surface area contributed by atoms with Crippen LogP contribution < -0.4 is 5.32 Å². The fraction of sp³-hybridized carbons (Fsp3) is 0.286. The van der Waals surface area contributed by atoms with Gasteiger partial charge in [0.05, 0.1) is 17.3 Å². The predicted octanol–water partition coefficient (Wildman–Crippen LogP) is 3.27. The van der Waals surface area contributed by atoms with Gasteiger partial charge in [0.2, 0.25) is 0 Å². The fourth-order valence-electron chi connectivity index (χ4n) is 3.10. The molecule has 0 bridgehead atoms. The first-order valence-corrected chi connectivity index (χ1v) is 9.10. The number of carbonyl (C=O) groups excluding carboxylic acids is 1. The van der Waals surface area contributed by atoms with Crippen molar-refractivity contribution >= 4 is 5.91 Å². The number of aromatic nitrogens is 4. The first-order valence-electron chi connectivity index (χ1n) is 9.10. The van der Waals surface area contributed by atoms with Gasteiger partial charge in [-0.15, -0.1) is 0 Å². The summed E-state index contributed by atoms with van der Waals surface area (Å²) in [6, 6.07) is 12.5. The van der Waals surface area contributed by atoms with Crippen molar-refractivity contribution < 1.29 is 4.79 Å². The molecule has 1 N–H and O–H groups in total. The summed E-state index contributed by atoms with van der Waals surface area (Å²) in [6.45, 7) is 4.20. The van der Waals surface area contributed by atoms with Gasteiger partial charge in [-0.25, -0.2) is 4.98 Å². The summed E-state index contributed by atoms with van der Waals surface area (Å²) in [5.41, 5.74) is 2.26. The summed E-state index contributed by atoms with van der Waals surface area (Å²) in [7, 11) is 1.81. The number of carbonyl (C=O) groups is 1. The van der Waals surface area contributed by atoms with Crippen LogP contribution in [0, 0.1) is 17.2 Å². The molecule has 1 amide bonds. The normalized spacial score (nSPS) is 11.8. The minimum absolute atomic E-state index is 0.204. The zero-order chi connectivity index (χ0) is 20.1. The third-order valence-corrected chi connectivity index (χ3v) is 4.40. The van der Waals surface area contributed by atoms with E-state index in [0.717, 1.165) is 17.8 Å². The van der Waals surface area contributed by atoms with Crippen molar-refractivity contribution in [2.45, 2.75) is 26.3 Å². The topological polar surface area (TPSA) is 96.5 Å². The van der Waals surface area contributed by atoms with E-state index in [1.165, 1.54) is 6.33 Å². The van der Waals surface area contributed by atoms with Gasteiger partial charge in [0, 0.05) is 24.4 Å². The Morgan fingerprint density at radius 1 is 1.25 bits per heavy atom. The van der Waals surface area contributed by atoms with E-state index in [0.29, 0.717) is 22.7 Å². The highest BCUT2D eigenvalue weighted by molar-refractivity contribution is 5.95. The van der Waals surface area contributed by atoms with Gasteiger partial charge in [0.15, 0.2) is 0 Å². The summed E-state index contributed by atoms with van der Waals surface area (Å²) in [6.07, 6.45) is 3.87. The number of pyridine rings is 1. The van der Waals surface area contributed by atoms with E-state index < -0.39 is 0 Å². The molecule has 1 aromatic carbocycles. The Bertz CT molecular complexity index is 1020. The molecule has 0 saturated carbocycles. The molecule has 2 heterocycles. The molecule has 0 aliphatic rings. The van der Waals surface area contributed by atoms with Crippen LogP contribution in [0.15, 0.2) is 48.9 Å². The van der Waals surface area contributed by atoms with E-state index in [4.69, 9.17) is 0 Å². The van der Waals surface area contributed by atoms with Gasteiger partial charge in [-0.2, -0.15) is 10.4 Å². The molecular formula is C21H22N6O. The van der Waals surface area contributed by atoms with Crippen molar-refractivity contribution in [1.82, 2.24) is 25.1 Å². The molecule has 3 aromatic rings. The minimum atomic E-state index is -0.242. The van der Waals surface area contributed by atoms with Gasteiger partial charge >= 0.3 is 0 Å². The monoisotopic (exact) mass is 374 g/mol. The van der Waals surface area contributed by atoms with Crippen molar-refractivity contribution in [1.29, 1.82) is 5.26 Å². The number of benzene rings is 1. The molecule has 0 unspecified atom stereocenters. The molecule has 142 valence electrons. The number of hydrogen-bond acceptors (Lipinski definition) is 5. The number of rotatable bonds is 6. The molecule has 0 spiro atoms. The first kappa shape index (κ1) is 19.2. The summed E-state index contributed by atoms with van der Waals surface area (Å²) in [4.78, 5) is 21.5. The van der Waals surface area contributed by atoms with Crippen molar-refractivity contribution in [2.24, 2.45) is 13.0 Å². The highest BCUT2D eigenvalue weighted by Crippen LogP contribution is 2.23. The van der Waals surface area contributed by atoms with Crippen LogP contribution in [0.2, 0.25) is 0 Å². The van der Waals surface area contributed by atoms with E-state index >= 15 is 0 Å². The van der Waals surface area contributed by atoms with Gasteiger partial charge in [-0.1, -0.05) is 26.0 Å². The summed E-state index contributed by atoms with van der Waals surface area (Å²) >= 11 is 0.